The SMILES string of the molecule is CC(=O)OCC(C)(COC(C)=O)COC(C)=O. The van der Waals surface area contributed by atoms with Gasteiger partial charge in [0.05, 0.1) is 5.41 Å². The fourth-order valence-electron chi connectivity index (χ4n) is 0.953. The third-order valence-corrected chi connectivity index (χ3v) is 1.87. The molecule has 0 unspecified atom stereocenters. The molecule has 0 rings (SSSR count). The first-order chi connectivity index (χ1) is 7.75. The maximum absolute atomic E-state index is 10.7. The third-order valence-electron chi connectivity index (χ3n) is 1.87. The topological polar surface area (TPSA) is 78.9 Å². The van der Waals surface area contributed by atoms with Crippen molar-refractivity contribution in [2.45, 2.75) is 27.7 Å². The summed E-state index contributed by atoms with van der Waals surface area (Å²) in [5, 5.41) is 0. The molecule has 0 saturated carbocycles. The number of carbonyl (C=O) groups is 3. The van der Waals surface area contributed by atoms with Gasteiger partial charge in [-0.1, -0.05) is 0 Å². The van der Waals surface area contributed by atoms with E-state index < -0.39 is 23.3 Å². The average Bonchev–Trinajstić information content (AvgIpc) is 2.21. The predicted molar refractivity (Wildman–Crippen MR) is 58.0 cm³/mol. The molecule has 0 aliphatic carbocycles. The van der Waals surface area contributed by atoms with Crippen LogP contribution < -0.4 is 0 Å². The molecule has 98 valence electrons. The van der Waals surface area contributed by atoms with Crippen molar-refractivity contribution < 1.29 is 28.6 Å². The second-order valence-electron chi connectivity index (χ2n) is 4.15. The summed E-state index contributed by atoms with van der Waals surface area (Å²) in [6, 6.07) is 0. The zero-order chi connectivity index (χ0) is 13.5. The van der Waals surface area contributed by atoms with Crippen molar-refractivity contribution in [2.24, 2.45) is 5.41 Å². The minimum Gasteiger partial charge on any atom is -0.465 e. The normalized spacial score (nSPS) is 10.6. The van der Waals surface area contributed by atoms with Crippen molar-refractivity contribution in [1.29, 1.82) is 0 Å². The van der Waals surface area contributed by atoms with Gasteiger partial charge >= 0.3 is 17.9 Å². The van der Waals surface area contributed by atoms with Crippen molar-refractivity contribution in [2.75, 3.05) is 19.8 Å². The molecule has 0 aliphatic heterocycles. The molecule has 6 nitrogen and oxygen atoms in total. The van der Waals surface area contributed by atoms with Gasteiger partial charge in [0, 0.05) is 20.8 Å². The van der Waals surface area contributed by atoms with Gasteiger partial charge in [-0.05, 0) is 6.92 Å². The summed E-state index contributed by atoms with van der Waals surface area (Å²) in [6.07, 6.45) is 0. The molecule has 0 radical (unpaired) electrons. The second-order valence-corrected chi connectivity index (χ2v) is 4.15. The van der Waals surface area contributed by atoms with Crippen LogP contribution in [0.2, 0.25) is 0 Å². The van der Waals surface area contributed by atoms with E-state index in [1.165, 1.54) is 20.8 Å². The van der Waals surface area contributed by atoms with Crippen LogP contribution in [0.4, 0.5) is 0 Å². The number of ether oxygens (including phenoxy) is 3. The number of rotatable bonds is 6. The van der Waals surface area contributed by atoms with Crippen LogP contribution >= 0.6 is 0 Å². The molecule has 0 heterocycles. The first kappa shape index (κ1) is 15.4. The first-order valence-electron chi connectivity index (χ1n) is 5.15. The smallest absolute Gasteiger partial charge is 0.302 e. The molecule has 0 aromatic rings. The summed E-state index contributed by atoms with van der Waals surface area (Å²) in [5.41, 5.74) is -0.733. The summed E-state index contributed by atoms with van der Waals surface area (Å²) in [6.45, 7) is 5.57. The number of carbonyl (C=O) groups excluding carboxylic acids is 3. The highest BCUT2D eigenvalue weighted by Crippen LogP contribution is 2.18. The van der Waals surface area contributed by atoms with Gasteiger partial charge in [0.25, 0.3) is 0 Å². The Labute approximate surface area is 100 Å². The van der Waals surface area contributed by atoms with E-state index in [1.807, 2.05) is 0 Å². The van der Waals surface area contributed by atoms with Crippen molar-refractivity contribution in [1.82, 2.24) is 0 Å². The third kappa shape index (κ3) is 8.24. The quantitative estimate of drug-likeness (QED) is 0.506. The molecule has 0 aromatic heterocycles. The van der Waals surface area contributed by atoms with Crippen LogP contribution in [0.25, 0.3) is 0 Å². The Balaban J connectivity index is 4.37. The molecular formula is C11H18O6. The molecule has 0 N–H and O–H groups in total. The maximum atomic E-state index is 10.7. The molecule has 0 saturated heterocycles. The average molecular weight is 246 g/mol. The zero-order valence-corrected chi connectivity index (χ0v) is 10.6. The summed E-state index contributed by atoms with van der Waals surface area (Å²) >= 11 is 0. The predicted octanol–water partition coefficient (Wildman–Crippen LogP) is 0.682. The Morgan fingerprint density at radius 2 is 1.00 bits per heavy atom. The van der Waals surface area contributed by atoms with Gasteiger partial charge in [0.2, 0.25) is 0 Å². The van der Waals surface area contributed by atoms with Crippen LogP contribution in [-0.2, 0) is 28.6 Å². The molecule has 6 heteroatoms. The van der Waals surface area contributed by atoms with E-state index in [2.05, 4.69) is 0 Å². The molecule has 0 atom stereocenters. The van der Waals surface area contributed by atoms with Crippen molar-refractivity contribution in [3.8, 4) is 0 Å². The lowest BCUT2D eigenvalue weighted by Crippen LogP contribution is -2.36. The number of hydrogen-bond donors (Lipinski definition) is 0. The molecule has 17 heavy (non-hydrogen) atoms. The van der Waals surface area contributed by atoms with Gasteiger partial charge < -0.3 is 14.2 Å². The van der Waals surface area contributed by atoms with Gasteiger partial charge in [-0.25, -0.2) is 0 Å². The molecule has 0 fully saturated rings. The van der Waals surface area contributed by atoms with Crippen molar-refractivity contribution >= 4 is 17.9 Å². The van der Waals surface area contributed by atoms with E-state index >= 15 is 0 Å². The summed E-state index contributed by atoms with van der Waals surface area (Å²) in [5.74, 6) is -1.33. The number of esters is 3. The van der Waals surface area contributed by atoms with Gasteiger partial charge in [0.15, 0.2) is 0 Å². The largest absolute Gasteiger partial charge is 0.465 e. The van der Waals surface area contributed by atoms with Crippen LogP contribution in [0.1, 0.15) is 27.7 Å². The summed E-state index contributed by atoms with van der Waals surface area (Å²) in [4.78, 5) is 32.2. The van der Waals surface area contributed by atoms with Gasteiger partial charge in [-0.15, -0.1) is 0 Å². The summed E-state index contributed by atoms with van der Waals surface area (Å²) < 4.78 is 14.6. The molecule has 0 spiro atoms. The molecule has 0 bridgehead atoms. The minimum absolute atomic E-state index is 0.0168. The molecule has 0 amide bonds. The van der Waals surface area contributed by atoms with Crippen molar-refractivity contribution in [3.05, 3.63) is 0 Å². The Hall–Kier alpha value is -1.59. The van der Waals surface area contributed by atoms with Crippen LogP contribution in [0.5, 0.6) is 0 Å². The van der Waals surface area contributed by atoms with Crippen LogP contribution in [0.3, 0.4) is 0 Å². The maximum Gasteiger partial charge on any atom is 0.302 e. The second kappa shape index (κ2) is 6.88. The van der Waals surface area contributed by atoms with E-state index in [0.29, 0.717) is 0 Å². The Bertz CT molecular complexity index is 251. The first-order valence-corrected chi connectivity index (χ1v) is 5.15. The highest BCUT2D eigenvalue weighted by Gasteiger charge is 2.29. The Morgan fingerprint density at radius 3 is 1.18 bits per heavy atom. The van der Waals surface area contributed by atoms with Crippen LogP contribution in [0.15, 0.2) is 0 Å². The fourth-order valence-corrected chi connectivity index (χ4v) is 0.953. The van der Waals surface area contributed by atoms with Gasteiger partial charge in [-0.2, -0.15) is 0 Å². The zero-order valence-electron chi connectivity index (χ0n) is 10.6. The van der Waals surface area contributed by atoms with E-state index in [1.54, 1.807) is 6.92 Å². The van der Waals surface area contributed by atoms with E-state index in [-0.39, 0.29) is 19.8 Å². The summed E-state index contributed by atoms with van der Waals surface area (Å²) in [7, 11) is 0. The lowest BCUT2D eigenvalue weighted by Gasteiger charge is -2.27. The Morgan fingerprint density at radius 1 is 0.765 bits per heavy atom. The van der Waals surface area contributed by atoms with Crippen LogP contribution in [0, 0.1) is 5.41 Å². The molecular weight excluding hydrogens is 228 g/mol. The molecule has 0 aliphatic rings. The lowest BCUT2D eigenvalue weighted by atomic mass is 9.94. The standard InChI is InChI=1S/C11H18O6/c1-8(12)15-5-11(4,6-16-9(2)13)7-17-10(3)14/h5-7H2,1-4H3. The minimum atomic E-state index is -0.733. The van der Waals surface area contributed by atoms with Crippen LogP contribution in [-0.4, -0.2) is 37.7 Å². The highest BCUT2D eigenvalue weighted by molar-refractivity contribution is 5.67. The van der Waals surface area contributed by atoms with E-state index in [0.717, 1.165) is 0 Å². The van der Waals surface area contributed by atoms with E-state index in [4.69, 9.17) is 14.2 Å². The lowest BCUT2D eigenvalue weighted by molar-refractivity contribution is -0.157. The van der Waals surface area contributed by atoms with Gasteiger partial charge in [0.1, 0.15) is 19.8 Å². The van der Waals surface area contributed by atoms with E-state index in [9.17, 15) is 14.4 Å². The van der Waals surface area contributed by atoms with Gasteiger partial charge in [-0.3, -0.25) is 14.4 Å². The monoisotopic (exact) mass is 246 g/mol. The highest BCUT2D eigenvalue weighted by atomic mass is 16.6. The number of hydrogen-bond acceptors (Lipinski definition) is 6. The Kier molecular flexibility index (Phi) is 6.23. The fraction of sp³-hybridized carbons (Fsp3) is 0.727. The molecule has 0 aromatic carbocycles. The van der Waals surface area contributed by atoms with Crippen molar-refractivity contribution in [3.63, 3.8) is 0 Å².